The zero-order valence-electron chi connectivity index (χ0n) is 5.94. The van der Waals surface area contributed by atoms with E-state index in [0.29, 0.717) is 0 Å². The van der Waals surface area contributed by atoms with Gasteiger partial charge in [-0.3, -0.25) is 4.70 Å². The summed E-state index contributed by atoms with van der Waals surface area (Å²) in [5, 5.41) is 0. The Morgan fingerprint density at radius 1 is 1.12 bits per heavy atom. The molecule has 52 valence electrons. The van der Waals surface area contributed by atoms with E-state index in [2.05, 4.69) is 6.92 Å². The summed E-state index contributed by atoms with van der Waals surface area (Å²) >= 11 is 0. The molecular formula is C6H17FSi. The van der Waals surface area contributed by atoms with Crippen LogP contribution < -0.4 is 0 Å². The Morgan fingerprint density at radius 3 is 2.12 bits per heavy atom. The van der Waals surface area contributed by atoms with E-state index in [1.54, 1.807) is 0 Å². The van der Waals surface area contributed by atoms with Crippen molar-refractivity contribution < 1.29 is 4.70 Å². The van der Waals surface area contributed by atoms with Crippen LogP contribution in [0.15, 0.2) is 0 Å². The third kappa shape index (κ3) is 9.47. The van der Waals surface area contributed by atoms with Crippen molar-refractivity contribution in [1.82, 2.24) is 0 Å². The molecule has 0 aliphatic rings. The van der Waals surface area contributed by atoms with Crippen molar-refractivity contribution in [1.29, 1.82) is 0 Å². The third-order valence-corrected chi connectivity index (χ3v) is 1.91. The topological polar surface area (TPSA) is 0 Å². The van der Waals surface area contributed by atoms with Gasteiger partial charge in [0.05, 0.1) is 0 Å². The Labute approximate surface area is 54.5 Å². The van der Waals surface area contributed by atoms with Gasteiger partial charge in [0.2, 0.25) is 0 Å². The van der Waals surface area contributed by atoms with Crippen LogP contribution in [0.5, 0.6) is 0 Å². The molecular weight excluding hydrogens is 119 g/mol. The van der Waals surface area contributed by atoms with Gasteiger partial charge >= 0.3 is 0 Å². The fourth-order valence-corrected chi connectivity index (χ4v) is 1.18. The summed E-state index contributed by atoms with van der Waals surface area (Å²) in [6, 6.07) is 1.50. The predicted molar refractivity (Wildman–Crippen MR) is 41.4 cm³/mol. The van der Waals surface area contributed by atoms with Crippen molar-refractivity contribution in [2.45, 2.75) is 38.7 Å². The van der Waals surface area contributed by atoms with Gasteiger partial charge < -0.3 is 0 Å². The van der Waals surface area contributed by atoms with E-state index in [-0.39, 0.29) is 4.70 Å². The maximum Gasteiger partial charge on any atom is 0.00279 e. The summed E-state index contributed by atoms with van der Waals surface area (Å²) in [7, 11) is 1.41. The molecule has 0 N–H and O–H groups in total. The third-order valence-electron chi connectivity index (χ3n) is 1.21. The van der Waals surface area contributed by atoms with Crippen LogP contribution in [0.2, 0.25) is 6.04 Å². The lowest BCUT2D eigenvalue weighted by atomic mass is 10.2. The molecule has 0 aromatic heterocycles. The Balaban J connectivity index is 0. The first-order chi connectivity index (χ1) is 3.41. The largest absolute Gasteiger partial charge is 0.269 e. The first kappa shape index (κ1) is 11.0. The Morgan fingerprint density at radius 2 is 1.75 bits per heavy atom. The molecule has 0 atom stereocenters. The van der Waals surface area contributed by atoms with Crippen molar-refractivity contribution >= 4 is 10.2 Å². The second-order valence-electron chi connectivity index (χ2n) is 2.06. The van der Waals surface area contributed by atoms with Gasteiger partial charge in [-0.15, -0.1) is 0 Å². The maximum atomic E-state index is 2.26. The molecule has 0 heterocycles. The number of halogens is 1. The minimum atomic E-state index is 0. The predicted octanol–water partition coefficient (Wildman–Crippen LogP) is 1.50. The van der Waals surface area contributed by atoms with E-state index in [1.165, 1.54) is 42.0 Å². The van der Waals surface area contributed by atoms with Crippen LogP contribution in [0.1, 0.15) is 32.6 Å². The standard InChI is InChI=1S/C6H16Si.FH/c1-2-3-4-5-6-7;/h2-6H2,1,7H3;1H. The molecule has 0 aromatic rings. The van der Waals surface area contributed by atoms with Crippen molar-refractivity contribution in [3.05, 3.63) is 0 Å². The van der Waals surface area contributed by atoms with Crippen LogP contribution in [0.3, 0.4) is 0 Å². The van der Waals surface area contributed by atoms with E-state index in [4.69, 9.17) is 0 Å². The highest BCUT2D eigenvalue weighted by Gasteiger charge is 1.80. The van der Waals surface area contributed by atoms with Crippen molar-refractivity contribution in [3.8, 4) is 0 Å². The van der Waals surface area contributed by atoms with Crippen LogP contribution in [0.4, 0.5) is 4.70 Å². The lowest BCUT2D eigenvalue weighted by molar-refractivity contribution is 0.701. The van der Waals surface area contributed by atoms with Gasteiger partial charge in [-0.2, -0.15) is 0 Å². The normalized spacial score (nSPS) is 8.62. The van der Waals surface area contributed by atoms with Crippen molar-refractivity contribution in [2.24, 2.45) is 0 Å². The minimum absolute atomic E-state index is 0. The molecule has 0 saturated heterocycles. The SMILES string of the molecule is CCCCCC[SiH3].F. The van der Waals surface area contributed by atoms with E-state index in [9.17, 15) is 0 Å². The minimum Gasteiger partial charge on any atom is -0.269 e. The monoisotopic (exact) mass is 136 g/mol. The quantitative estimate of drug-likeness (QED) is 0.406. The average Bonchev–Trinajstić information content (AvgIpc) is 1.69. The summed E-state index contributed by atoms with van der Waals surface area (Å²) in [5.74, 6) is 0. The molecule has 8 heavy (non-hydrogen) atoms. The molecule has 0 unspecified atom stereocenters. The summed E-state index contributed by atoms with van der Waals surface area (Å²) < 4.78 is 0. The van der Waals surface area contributed by atoms with Gasteiger partial charge in [0, 0.05) is 10.2 Å². The lowest BCUT2D eigenvalue weighted by Gasteiger charge is -1.90. The van der Waals surface area contributed by atoms with Gasteiger partial charge in [-0.05, 0) is 0 Å². The number of unbranched alkanes of at least 4 members (excludes halogenated alkanes) is 3. The average molecular weight is 136 g/mol. The number of hydrogen-bond donors (Lipinski definition) is 0. The molecule has 0 bridgehead atoms. The molecule has 0 radical (unpaired) electrons. The lowest BCUT2D eigenvalue weighted by Crippen LogP contribution is -1.72. The van der Waals surface area contributed by atoms with Crippen LogP contribution >= 0.6 is 0 Å². The summed E-state index contributed by atoms with van der Waals surface area (Å²) in [6.45, 7) is 2.26. The summed E-state index contributed by atoms with van der Waals surface area (Å²) in [5.41, 5.74) is 0. The molecule has 2 heteroatoms. The van der Waals surface area contributed by atoms with Crippen LogP contribution in [0.25, 0.3) is 0 Å². The molecule has 0 amide bonds. The Bertz CT molecular complexity index is 27.7. The fraction of sp³-hybridized carbons (Fsp3) is 1.00. The second kappa shape index (κ2) is 10.2. The van der Waals surface area contributed by atoms with Gasteiger partial charge in [-0.25, -0.2) is 0 Å². The highest BCUT2D eigenvalue weighted by atomic mass is 28.1. The van der Waals surface area contributed by atoms with Crippen LogP contribution in [0, 0.1) is 0 Å². The van der Waals surface area contributed by atoms with E-state index >= 15 is 0 Å². The first-order valence-corrected chi connectivity index (χ1v) is 4.83. The van der Waals surface area contributed by atoms with E-state index in [1.807, 2.05) is 0 Å². The van der Waals surface area contributed by atoms with Gasteiger partial charge in [0.15, 0.2) is 0 Å². The van der Waals surface area contributed by atoms with Crippen LogP contribution in [-0.4, -0.2) is 10.2 Å². The van der Waals surface area contributed by atoms with E-state index in [0.717, 1.165) is 0 Å². The Kier molecular flexibility index (Phi) is 14.0. The maximum absolute atomic E-state index is 2.26. The molecule has 0 aliphatic carbocycles. The first-order valence-electron chi connectivity index (χ1n) is 3.41. The molecule has 0 fully saturated rings. The molecule has 0 spiro atoms. The van der Waals surface area contributed by atoms with E-state index < -0.39 is 0 Å². The van der Waals surface area contributed by atoms with Gasteiger partial charge in [0.25, 0.3) is 0 Å². The number of hydrogen-bond acceptors (Lipinski definition) is 0. The highest BCUT2D eigenvalue weighted by Crippen LogP contribution is 1.99. The molecule has 0 rings (SSSR count). The summed E-state index contributed by atoms with van der Waals surface area (Å²) in [4.78, 5) is 0. The van der Waals surface area contributed by atoms with Crippen molar-refractivity contribution in [3.63, 3.8) is 0 Å². The summed E-state index contributed by atoms with van der Waals surface area (Å²) in [6.07, 6.45) is 5.78. The van der Waals surface area contributed by atoms with Gasteiger partial charge in [-0.1, -0.05) is 38.7 Å². The Hall–Kier alpha value is 0.147. The molecule has 0 aliphatic heterocycles. The second-order valence-corrected chi connectivity index (χ2v) is 3.06. The number of rotatable bonds is 4. The van der Waals surface area contributed by atoms with Crippen molar-refractivity contribution in [2.75, 3.05) is 0 Å². The highest BCUT2D eigenvalue weighted by molar-refractivity contribution is 6.08. The molecule has 0 nitrogen and oxygen atoms in total. The molecule has 0 aromatic carbocycles. The van der Waals surface area contributed by atoms with Crippen LogP contribution in [-0.2, 0) is 0 Å². The molecule has 0 saturated carbocycles. The van der Waals surface area contributed by atoms with Gasteiger partial charge in [0.1, 0.15) is 0 Å². The fourth-order valence-electron chi connectivity index (χ4n) is 0.677. The zero-order valence-corrected chi connectivity index (χ0v) is 7.94. The zero-order chi connectivity index (χ0) is 5.54. The smallest absolute Gasteiger partial charge is 0.00279 e.